The Labute approximate surface area is 255 Å². The quantitative estimate of drug-likeness (QED) is 0.199. The van der Waals surface area contributed by atoms with Crippen LogP contribution in [0, 0.1) is 13.8 Å². The number of aromatic nitrogens is 8. The van der Waals surface area contributed by atoms with Crippen LogP contribution >= 0.6 is 0 Å². The zero-order chi connectivity index (χ0) is 28.7. The second-order valence-corrected chi connectivity index (χ2v) is 12.0. The van der Waals surface area contributed by atoms with E-state index in [1.807, 2.05) is 48.5 Å². The van der Waals surface area contributed by atoms with Crippen LogP contribution < -0.4 is 10.2 Å². The molecule has 0 N–H and O–H groups in total. The third-order valence-electron chi connectivity index (χ3n) is 6.88. The molecule has 0 unspecified atom stereocenters. The standard InChI is InChI=1S/2C16H17N4.Pt/c2*1-10-13(19-20-15(10)16(2,3)4)14-11-7-5-6-8-12(11)17-9-18-14;/h2*5-9H,1-4H3;/q2*-1;+2. The topological polar surface area (TPSA) is 106 Å². The normalized spacial score (nSPS) is 11.7. The van der Waals surface area contributed by atoms with Gasteiger partial charge in [-0.25, -0.2) is 19.9 Å². The van der Waals surface area contributed by atoms with Crippen LogP contribution in [-0.2, 0) is 31.9 Å². The summed E-state index contributed by atoms with van der Waals surface area (Å²) in [5, 5.41) is 19.5. The third-order valence-corrected chi connectivity index (χ3v) is 6.88. The van der Waals surface area contributed by atoms with E-state index < -0.39 is 0 Å². The summed E-state index contributed by atoms with van der Waals surface area (Å²) < 4.78 is 0. The molecule has 0 aliphatic heterocycles. The van der Waals surface area contributed by atoms with E-state index in [2.05, 4.69) is 95.7 Å². The van der Waals surface area contributed by atoms with Gasteiger partial charge in [0.05, 0.1) is 22.4 Å². The van der Waals surface area contributed by atoms with Gasteiger partial charge in [-0.05, 0) is 37.1 Å². The van der Waals surface area contributed by atoms with Crippen LogP contribution in [0.5, 0.6) is 0 Å². The fourth-order valence-electron chi connectivity index (χ4n) is 4.99. The van der Waals surface area contributed by atoms with Gasteiger partial charge in [0.25, 0.3) is 0 Å². The minimum Gasteiger partial charge on any atom is -0.573 e. The summed E-state index contributed by atoms with van der Waals surface area (Å²) in [5.41, 5.74) is 9.49. The molecule has 0 aliphatic rings. The van der Waals surface area contributed by atoms with Gasteiger partial charge in [-0.1, -0.05) is 89.3 Å². The Kier molecular flexibility index (Phi) is 8.55. The molecule has 0 aliphatic carbocycles. The van der Waals surface area contributed by atoms with Gasteiger partial charge in [0, 0.05) is 33.0 Å². The van der Waals surface area contributed by atoms with E-state index in [-0.39, 0.29) is 31.9 Å². The number of hydrogen-bond donors (Lipinski definition) is 0. The third kappa shape index (κ3) is 5.98. The van der Waals surface area contributed by atoms with Gasteiger partial charge in [-0.15, -0.1) is 0 Å². The first-order valence-electron chi connectivity index (χ1n) is 13.4. The van der Waals surface area contributed by atoms with Crippen molar-refractivity contribution in [1.82, 2.24) is 40.3 Å². The van der Waals surface area contributed by atoms with Crippen molar-refractivity contribution in [3.05, 3.63) is 83.7 Å². The molecular weight excluding hydrogens is 691 g/mol. The summed E-state index contributed by atoms with van der Waals surface area (Å²) in [6.45, 7) is 17.0. The van der Waals surface area contributed by atoms with Crippen molar-refractivity contribution in [1.29, 1.82) is 0 Å². The van der Waals surface area contributed by atoms with E-state index in [1.165, 1.54) is 0 Å². The molecule has 0 saturated carbocycles. The van der Waals surface area contributed by atoms with Gasteiger partial charge in [-0.3, -0.25) is 0 Å². The Morgan fingerprint density at radius 1 is 0.537 bits per heavy atom. The Morgan fingerprint density at radius 2 is 0.902 bits per heavy atom. The van der Waals surface area contributed by atoms with Crippen LogP contribution in [0.15, 0.2) is 61.2 Å². The van der Waals surface area contributed by atoms with Crippen LogP contribution in [0.1, 0.15) is 64.1 Å². The van der Waals surface area contributed by atoms with Crippen molar-refractivity contribution in [2.24, 2.45) is 0 Å². The zero-order valence-corrected chi connectivity index (χ0v) is 26.9. The number of nitrogens with zero attached hydrogens (tertiary/aromatic N) is 8. The molecule has 6 rings (SSSR count). The molecule has 4 aromatic heterocycles. The van der Waals surface area contributed by atoms with Crippen molar-refractivity contribution in [3.63, 3.8) is 0 Å². The summed E-state index contributed by atoms with van der Waals surface area (Å²) in [6, 6.07) is 15.9. The maximum Gasteiger partial charge on any atom is 2.00 e. The predicted octanol–water partition coefficient (Wildman–Crippen LogP) is 6.51. The van der Waals surface area contributed by atoms with Crippen molar-refractivity contribution >= 4 is 21.8 Å². The predicted molar refractivity (Wildman–Crippen MR) is 159 cm³/mol. The monoisotopic (exact) mass is 725 g/mol. The molecule has 6 aromatic rings. The molecule has 2 aromatic carbocycles. The van der Waals surface area contributed by atoms with Gasteiger partial charge in [0.2, 0.25) is 0 Å². The van der Waals surface area contributed by atoms with Gasteiger partial charge in [0.15, 0.2) is 0 Å². The first kappa shape index (κ1) is 30.2. The fourth-order valence-corrected chi connectivity index (χ4v) is 4.99. The smallest absolute Gasteiger partial charge is 0.573 e. The summed E-state index contributed by atoms with van der Waals surface area (Å²) in [5.74, 6) is 0. The van der Waals surface area contributed by atoms with Gasteiger partial charge in [0.1, 0.15) is 12.7 Å². The van der Waals surface area contributed by atoms with Crippen LogP contribution in [0.2, 0.25) is 0 Å². The zero-order valence-electron chi connectivity index (χ0n) is 24.7. The average molecular weight is 726 g/mol. The van der Waals surface area contributed by atoms with Crippen LogP contribution in [0.4, 0.5) is 0 Å². The molecule has 0 spiro atoms. The van der Waals surface area contributed by atoms with E-state index in [4.69, 9.17) is 0 Å². The Hall–Kier alpha value is -3.77. The van der Waals surface area contributed by atoms with E-state index in [0.717, 1.165) is 67.1 Å². The summed E-state index contributed by atoms with van der Waals surface area (Å²) in [6.07, 6.45) is 3.17. The number of benzene rings is 2. The Bertz CT molecular complexity index is 1660. The summed E-state index contributed by atoms with van der Waals surface area (Å²) in [7, 11) is 0. The molecule has 0 fully saturated rings. The minimum absolute atomic E-state index is 0. The molecular formula is C32H34N8Pt. The molecule has 9 heteroatoms. The van der Waals surface area contributed by atoms with E-state index in [9.17, 15) is 0 Å². The Balaban J connectivity index is 0.000000184. The van der Waals surface area contributed by atoms with E-state index >= 15 is 0 Å². The molecule has 4 heterocycles. The SMILES string of the molecule is Cc1c(C(C)(C)C)n[n-]c1-c1ncnc2ccccc12.Cc1c(C(C)(C)C)n[n-]c1-c1ncnc2ccccc12.[Pt+2]. The number of para-hydroxylation sites is 2. The van der Waals surface area contributed by atoms with Crippen molar-refractivity contribution < 1.29 is 21.1 Å². The summed E-state index contributed by atoms with van der Waals surface area (Å²) in [4.78, 5) is 17.4. The minimum atomic E-state index is -0.0157. The second-order valence-electron chi connectivity index (χ2n) is 12.0. The molecule has 0 amide bonds. The first-order chi connectivity index (χ1) is 19.0. The molecule has 0 saturated heterocycles. The molecule has 0 radical (unpaired) electrons. The van der Waals surface area contributed by atoms with Crippen molar-refractivity contribution in [3.8, 4) is 22.8 Å². The first-order valence-corrected chi connectivity index (χ1v) is 13.4. The van der Waals surface area contributed by atoms with Crippen LogP contribution in [0.3, 0.4) is 0 Å². The average Bonchev–Trinajstić information content (AvgIpc) is 3.51. The van der Waals surface area contributed by atoms with E-state index in [0.29, 0.717) is 0 Å². The molecule has 8 nitrogen and oxygen atoms in total. The molecule has 212 valence electrons. The van der Waals surface area contributed by atoms with Crippen molar-refractivity contribution in [2.45, 2.75) is 66.2 Å². The second kappa shape index (κ2) is 11.6. The largest absolute Gasteiger partial charge is 2.00 e. The van der Waals surface area contributed by atoms with Gasteiger partial charge in [-0.2, -0.15) is 0 Å². The Morgan fingerprint density at radius 3 is 1.24 bits per heavy atom. The number of fused-ring (bicyclic) bond motifs is 2. The van der Waals surface area contributed by atoms with E-state index in [1.54, 1.807) is 12.7 Å². The van der Waals surface area contributed by atoms with Gasteiger partial charge >= 0.3 is 21.1 Å². The maximum absolute atomic E-state index is 4.42. The molecule has 41 heavy (non-hydrogen) atoms. The summed E-state index contributed by atoms with van der Waals surface area (Å²) >= 11 is 0. The fraction of sp³-hybridized carbons (Fsp3) is 0.312. The van der Waals surface area contributed by atoms with Crippen molar-refractivity contribution in [2.75, 3.05) is 0 Å². The van der Waals surface area contributed by atoms with Crippen LogP contribution in [0.25, 0.3) is 44.6 Å². The number of hydrogen-bond acceptors (Lipinski definition) is 6. The maximum atomic E-state index is 4.42. The van der Waals surface area contributed by atoms with Gasteiger partial charge < -0.3 is 20.4 Å². The molecule has 0 atom stereocenters. The van der Waals surface area contributed by atoms with Crippen LogP contribution in [-0.4, -0.2) is 30.1 Å². The molecule has 0 bridgehead atoms. The number of rotatable bonds is 2.